The highest BCUT2D eigenvalue weighted by Crippen LogP contribution is 2.33. The number of fused-ring (bicyclic) bond motifs is 4. The number of aromatic nitrogens is 4. The van der Waals surface area contributed by atoms with Crippen molar-refractivity contribution < 1.29 is 22.7 Å². The third kappa shape index (κ3) is 3.21. The van der Waals surface area contributed by atoms with E-state index in [2.05, 4.69) is 15.0 Å². The summed E-state index contributed by atoms with van der Waals surface area (Å²) >= 11 is 0. The Morgan fingerprint density at radius 2 is 2.03 bits per heavy atom. The van der Waals surface area contributed by atoms with E-state index in [0.717, 1.165) is 6.07 Å². The molecule has 0 aliphatic carbocycles. The zero-order valence-corrected chi connectivity index (χ0v) is 16.8. The smallest absolute Gasteiger partial charge is 0.382 e. The lowest BCUT2D eigenvalue weighted by molar-refractivity contribution is -0.141. The number of amides is 1. The maximum absolute atomic E-state index is 13.3. The quantitative estimate of drug-likeness (QED) is 0.512. The average molecular weight is 442 g/mol. The van der Waals surface area contributed by atoms with Crippen LogP contribution in [0.5, 0.6) is 0 Å². The van der Waals surface area contributed by atoms with Gasteiger partial charge in [-0.3, -0.25) is 9.20 Å². The number of likely N-dealkylation sites (N-methyl/N-ethyl adjacent to an activating group) is 1. The van der Waals surface area contributed by atoms with Crippen molar-refractivity contribution in [1.29, 1.82) is 0 Å². The van der Waals surface area contributed by atoms with Gasteiger partial charge in [0.15, 0.2) is 0 Å². The Bertz CT molecular complexity index is 1370. The summed E-state index contributed by atoms with van der Waals surface area (Å²) in [5.41, 5.74) is 7.94. The number of imidazole rings is 1. The number of hydrogen-bond acceptors (Lipinski definition) is 6. The van der Waals surface area contributed by atoms with E-state index in [1.165, 1.54) is 11.0 Å². The largest absolute Gasteiger partial charge is 0.433 e. The van der Waals surface area contributed by atoms with Gasteiger partial charge in [0.2, 0.25) is 0 Å². The molecule has 1 amide bonds. The van der Waals surface area contributed by atoms with Crippen LogP contribution >= 0.6 is 0 Å². The molecule has 0 spiro atoms. The Morgan fingerprint density at radius 3 is 2.81 bits per heavy atom. The fourth-order valence-electron chi connectivity index (χ4n) is 3.92. The molecule has 1 unspecified atom stereocenters. The molecule has 4 heterocycles. The van der Waals surface area contributed by atoms with E-state index < -0.39 is 17.9 Å². The maximum atomic E-state index is 13.3. The summed E-state index contributed by atoms with van der Waals surface area (Å²) in [7, 11) is 1.58. The van der Waals surface area contributed by atoms with E-state index >= 15 is 0 Å². The van der Waals surface area contributed by atoms with Gasteiger partial charge in [0.05, 0.1) is 48.5 Å². The number of carbonyl (C=O) groups is 1. The normalized spacial score (nSPS) is 16.3. The van der Waals surface area contributed by atoms with Gasteiger partial charge in [0.25, 0.3) is 5.91 Å². The van der Waals surface area contributed by atoms with Crippen molar-refractivity contribution in [3.63, 3.8) is 0 Å². The van der Waals surface area contributed by atoms with E-state index in [9.17, 15) is 18.0 Å². The van der Waals surface area contributed by atoms with Crippen LogP contribution < -0.4 is 5.73 Å². The van der Waals surface area contributed by atoms with Crippen LogP contribution in [0.1, 0.15) is 33.4 Å². The molecule has 8 nitrogen and oxygen atoms in total. The molecule has 0 fully saturated rings. The second-order valence-electron chi connectivity index (χ2n) is 7.53. The van der Waals surface area contributed by atoms with Crippen LogP contribution in [0.25, 0.3) is 16.6 Å². The zero-order valence-electron chi connectivity index (χ0n) is 16.8. The minimum absolute atomic E-state index is 0.0422. The number of anilines is 1. The predicted molar refractivity (Wildman–Crippen MR) is 109 cm³/mol. The minimum Gasteiger partial charge on any atom is -0.382 e. The highest BCUT2D eigenvalue weighted by molar-refractivity contribution is 5.98. The Hall–Kier alpha value is -3.73. The van der Waals surface area contributed by atoms with Gasteiger partial charge in [-0.2, -0.15) is 13.2 Å². The lowest BCUT2D eigenvalue weighted by Gasteiger charge is -2.33. The molecule has 164 valence electrons. The number of hydrogen-bond donors (Lipinski definition) is 1. The van der Waals surface area contributed by atoms with Crippen molar-refractivity contribution in [1.82, 2.24) is 24.3 Å². The monoisotopic (exact) mass is 442 g/mol. The number of halogens is 3. The Kier molecular flexibility index (Phi) is 4.52. The van der Waals surface area contributed by atoms with Crippen LogP contribution in [0, 0.1) is 0 Å². The van der Waals surface area contributed by atoms with Crippen LogP contribution in [-0.4, -0.2) is 43.8 Å². The molecule has 0 saturated heterocycles. The number of ether oxygens (including phenoxy) is 1. The maximum Gasteiger partial charge on any atom is 0.433 e. The molecule has 0 saturated carbocycles. The predicted octanol–water partition coefficient (Wildman–Crippen LogP) is 3.22. The number of benzene rings is 1. The third-order valence-corrected chi connectivity index (χ3v) is 5.58. The summed E-state index contributed by atoms with van der Waals surface area (Å²) in [5, 5.41) is 0. The first-order chi connectivity index (χ1) is 15.2. The molecule has 0 radical (unpaired) electrons. The van der Waals surface area contributed by atoms with Crippen LogP contribution in [0.15, 0.2) is 42.9 Å². The van der Waals surface area contributed by atoms with Crippen LogP contribution in [0.4, 0.5) is 19.0 Å². The average Bonchev–Trinajstić information content (AvgIpc) is 3.28. The molecule has 1 aromatic carbocycles. The number of nitrogens with two attached hydrogens (primary N) is 1. The molecular formula is C21H17F3N6O2. The summed E-state index contributed by atoms with van der Waals surface area (Å²) in [4.78, 5) is 26.9. The molecule has 4 aromatic rings. The molecule has 11 heteroatoms. The van der Waals surface area contributed by atoms with Crippen molar-refractivity contribution in [3.8, 4) is 0 Å². The Labute approximate surface area is 179 Å². The van der Waals surface area contributed by atoms with Crippen molar-refractivity contribution in [2.24, 2.45) is 0 Å². The molecule has 1 atom stereocenters. The summed E-state index contributed by atoms with van der Waals surface area (Å²) in [6.45, 7) is 0.110. The lowest BCUT2D eigenvalue weighted by Crippen LogP contribution is -2.36. The summed E-state index contributed by atoms with van der Waals surface area (Å²) in [5.74, 6) is 0.00576. The van der Waals surface area contributed by atoms with Crippen LogP contribution in [0.2, 0.25) is 0 Å². The van der Waals surface area contributed by atoms with E-state index in [1.807, 2.05) is 0 Å². The first kappa shape index (κ1) is 20.2. The van der Waals surface area contributed by atoms with Gasteiger partial charge in [-0.15, -0.1) is 0 Å². The number of nitrogen functional groups attached to an aromatic ring is 1. The topological polar surface area (TPSA) is 98.6 Å². The van der Waals surface area contributed by atoms with Crippen molar-refractivity contribution in [2.45, 2.75) is 18.8 Å². The first-order valence-corrected chi connectivity index (χ1v) is 9.67. The van der Waals surface area contributed by atoms with E-state index in [1.54, 1.807) is 42.2 Å². The second-order valence-corrected chi connectivity index (χ2v) is 7.53. The van der Waals surface area contributed by atoms with Crippen molar-refractivity contribution in [3.05, 3.63) is 65.4 Å². The molecule has 2 N–H and O–H groups in total. The number of carbonyl (C=O) groups excluding carboxylic acids is 1. The van der Waals surface area contributed by atoms with Gasteiger partial charge in [-0.05, 0) is 24.3 Å². The zero-order chi connectivity index (χ0) is 22.6. The summed E-state index contributed by atoms with van der Waals surface area (Å²) in [6, 6.07) is 6.72. The van der Waals surface area contributed by atoms with E-state index in [4.69, 9.17) is 10.5 Å². The highest BCUT2D eigenvalue weighted by atomic mass is 19.4. The van der Waals surface area contributed by atoms with Crippen LogP contribution in [-0.2, 0) is 17.5 Å². The van der Waals surface area contributed by atoms with E-state index in [-0.39, 0.29) is 24.8 Å². The number of pyridine rings is 1. The number of nitrogens with zero attached hydrogens (tertiary/aromatic N) is 5. The molecule has 0 bridgehead atoms. The third-order valence-electron chi connectivity index (χ3n) is 5.58. The highest BCUT2D eigenvalue weighted by Gasteiger charge is 2.35. The Morgan fingerprint density at radius 1 is 1.22 bits per heavy atom. The lowest BCUT2D eigenvalue weighted by atomic mass is 10.0. The van der Waals surface area contributed by atoms with Gasteiger partial charge in [0.1, 0.15) is 17.0 Å². The number of alkyl halides is 3. The molecule has 1 aliphatic heterocycles. The van der Waals surface area contributed by atoms with Crippen LogP contribution in [0.3, 0.4) is 0 Å². The van der Waals surface area contributed by atoms with Gasteiger partial charge in [-0.25, -0.2) is 15.0 Å². The molecular weight excluding hydrogens is 425 g/mol. The van der Waals surface area contributed by atoms with Crippen molar-refractivity contribution >= 4 is 28.3 Å². The molecule has 5 rings (SSSR count). The second kappa shape index (κ2) is 7.16. The standard InChI is InChI=1S/C21H17F3N6O2/c1-29(17-9-32-8-14-12(17)3-5-18(27-14)21(22,23)24)20(31)11-2-4-13-15(6-11)30-10-26-7-16(30)19(25)28-13/h2-7,10,17H,8-9H2,1H3,(H2,25,28). The van der Waals surface area contributed by atoms with Gasteiger partial charge < -0.3 is 15.4 Å². The molecule has 3 aromatic heterocycles. The van der Waals surface area contributed by atoms with Gasteiger partial charge in [0, 0.05) is 18.2 Å². The summed E-state index contributed by atoms with van der Waals surface area (Å²) in [6.07, 6.45) is -1.38. The molecule has 1 aliphatic rings. The SMILES string of the molecule is CN(C(=O)c1ccc2nc(N)c3cncn3c2c1)C1COCc2nc(C(F)(F)F)ccc21. The number of rotatable bonds is 2. The first-order valence-electron chi connectivity index (χ1n) is 9.67. The fourth-order valence-corrected chi connectivity index (χ4v) is 3.92. The van der Waals surface area contributed by atoms with Crippen molar-refractivity contribution in [2.75, 3.05) is 19.4 Å². The van der Waals surface area contributed by atoms with E-state index in [0.29, 0.717) is 33.5 Å². The summed E-state index contributed by atoms with van der Waals surface area (Å²) < 4.78 is 46.2. The fraction of sp³-hybridized carbons (Fsp3) is 0.238. The molecule has 32 heavy (non-hydrogen) atoms. The van der Waals surface area contributed by atoms with Gasteiger partial charge >= 0.3 is 6.18 Å². The minimum atomic E-state index is -4.55. The Balaban J connectivity index is 1.50. The van der Waals surface area contributed by atoms with Gasteiger partial charge in [-0.1, -0.05) is 6.07 Å².